The van der Waals surface area contributed by atoms with Gasteiger partial charge in [-0.25, -0.2) is 13.8 Å². The van der Waals surface area contributed by atoms with Crippen LogP contribution in [0.3, 0.4) is 0 Å². The molecule has 0 spiro atoms. The van der Waals surface area contributed by atoms with Crippen LogP contribution in [0.25, 0.3) is 0 Å². The van der Waals surface area contributed by atoms with E-state index < -0.39 is 11.6 Å². The monoisotopic (exact) mass is 252 g/mol. The fourth-order valence-electron chi connectivity index (χ4n) is 1.29. The van der Waals surface area contributed by atoms with Crippen molar-refractivity contribution in [3.63, 3.8) is 0 Å². The molecule has 0 unspecified atom stereocenters. The standard InChI is InChI=1S/C12H10F2N2S/c1-7-4-5-16-12(11(7)15)17-10-3-2-8(13)6-9(10)14/h2-6H,15H2,1H3. The molecule has 2 nitrogen and oxygen atoms in total. The smallest absolute Gasteiger partial charge is 0.140 e. The van der Waals surface area contributed by atoms with Crippen LogP contribution in [0, 0.1) is 18.6 Å². The van der Waals surface area contributed by atoms with Crippen LogP contribution in [0.5, 0.6) is 0 Å². The molecule has 0 amide bonds. The quantitative estimate of drug-likeness (QED) is 0.890. The van der Waals surface area contributed by atoms with Crippen LogP contribution in [0.15, 0.2) is 40.4 Å². The molecule has 0 aliphatic heterocycles. The lowest BCUT2D eigenvalue weighted by molar-refractivity contribution is 0.565. The van der Waals surface area contributed by atoms with E-state index in [2.05, 4.69) is 4.98 Å². The normalized spacial score (nSPS) is 10.5. The summed E-state index contributed by atoms with van der Waals surface area (Å²) < 4.78 is 26.2. The third-order valence-electron chi connectivity index (χ3n) is 2.27. The minimum absolute atomic E-state index is 0.302. The molecular formula is C12H10F2N2S. The Morgan fingerprint density at radius 1 is 1.24 bits per heavy atom. The van der Waals surface area contributed by atoms with Gasteiger partial charge in [-0.3, -0.25) is 0 Å². The molecular weight excluding hydrogens is 242 g/mol. The molecule has 0 saturated carbocycles. The average Bonchev–Trinajstić information content (AvgIpc) is 2.28. The van der Waals surface area contributed by atoms with Crippen molar-refractivity contribution < 1.29 is 8.78 Å². The maximum absolute atomic E-state index is 13.4. The van der Waals surface area contributed by atoms with E-state index in [1.807, 2.05) is 6.92 Å². The first-order valence-electron chi connectivity index (χ1n) is 4.92. The zero-order chi connectivity index (χ0) is 12.4. The van der Waals surface area contributed by atoms with Gasteiger partial charge in [-0.2, -0.15) is 0 Å². The summed E-state index contributed by atoms with van der Waals surface area (Å²) in [6.07, 6.45) is 1.61. The molecule has 5 heteroatoms. The van der Waals surface area contributed by atoms with E-state index in [0.29, 0.717) is 15.6 Å². The van der Waals surface area contributed by atoms with E-state index in [-0.39, 0.29) is 0 Å². The molecule has 1 aromatic carbocycles. The lowest BCUT2D eigenvalue weighted by Gasteiger charge is -2.07. The molecule has 0 radical (unpaired) electrons. The van der Waals surface area contributed by atoms with Gasteiger partial charge in [-0.15, -0.1) is 0 Å². The summed E-state index contributed by atoms with van der Waals surface area (Å²) in [6.45, 7) is 1.85. The minimum Gasteiger partial charge on any atom is -0.396 e. The van der Waals surface area contributed by atoms with Crippen molar-refractivity contribution >= 4 is 17.4 Å². The first-order valence-corrected chi connectivity index (χ1v) is 5.73. The molecule has 2 N–H and O–H groups in total. The van der Waals surface area contributed by atoms with Crippen LogP contribution in [0.4, 0.5) is 14.5 Å². The second-order valence-electron chi connectivity index (χ2n) is 3.52. The second-order valence-corrected chi connectivity index (χ2v) is 4.55. The predicted octanol–water partition coefficient (Wildman–Crippen LogP) is 3.40. The van der Waals surface area contributed by atoms with Gasteiger partial charge in [0.05, 0.1) is 5.69 Å². The Labute approximate surface area is 102 Å². The number of pyridine rings is 1. The average molecular weight is 252 g/mol. The molecule has 2 rings (SSSR count). The van der Waals surface area contributed by atoms with Gasteiger partial charge in [0.25, 0.3) is 0 Å². The lowest BCUT2D eigenvalue weighted by atomic mass is 10.3. The number of halogens is 2. The van der Waals surface area contributed by atoms with Crippen molar-refractivity contribution in [2.24, 2.45) is 0 Å². The maximum Gasteiger partial charge on any atom is 0.140 e. The van der Waals surface area contributed by atoms with E-state index in [0.717, 1.165) is 23.4 Å². The summed E-state index contributed by atoms with van der Waals surface area (Å²) in [5, 5.41) is 0.524. The Morgan fingerprint density at radius 3 is 2.71 bits per heavy atom. The first kappa shape index (κ1) is 11.9. The Hall–Kier alpha value is -1.62. The number of hydrogen-bond acceptors (Lipinski definition) is 3. The van der Waals surface area contributed by atoms with E-state index in [9.17, 15) is 8.78 Å². The summed E-state index contributed by atoms with van der Waals surface area (Å²) in [5.74, 6) is -1.21. The molecule has 2 aromatic rings. The highest BCUT2D eigenvalue weighted by atomic mass is 32.2. The van der Waals surface area contributed by atoms with Crippen LogP contribution in [0.1, 0.15) is 5.56 Å². The van der Waals surface area contributed by atoms with Crippen LogP contribution < -0.4 is 5.73 Å². The predicted molar refractivity (Wildman–Crippen MR) is 63.9 cm³/mol. The van der Waals surface area contributed by atoms with Crippen LogP contribution in [0.2, 0.25) is 0 Å². The number of rotatable bonds is 2. The van der Waals surface area contributed by atoms with Gasteiger partial charge >= 0.3 is 0 Å². The van der Waals surface area contributed by atoms with Gasteiger partial charge in [-0.1, -0.05) is 11.8 Å². The minimum atomic E-state index is -0.613. The molecule has 0 aliphatic rings. The van der Waals surface area contributed by atoms with Gasteiger partial charge in [0.2, 0.25) is 0 Å². The number of hydrogen-bond donors (Lipinski definition) is 1. The number of anilines is 1. The molecule has 17 heavy (non-hydrogen) atoms. The van der Waals surface area contributed by atoms with Crippen LogP contribution >= 0.6 is 11.8 Å². The highest BCUT2D eigenvalue weighted by Crippen LogP contribution is 2.33. The van der Waals surface area contributed by atoms with E-state index in [1.54, 1.807) is 12.3 Å². The summed E-state index contributed by atoms with van der Waals surface area (Å²) in [5.41, 5.74) is 7.23. The highest BCUT2D eigenvalue weighted by molar-refractivity contribution is 7.99. The van der Waals surface area contributed by atoms with E-state index in [1.165, 1.54) is 12.1 Å². The molecule has 0 fully saturated rings. The summed E-state index contributed by atoms with van der Waals surface area (Å²) >= 11 is 1.09. The summed E-state index contributed by atoms with van der Waals surface area (Å²) in [7, 11) is 0. The number of nitrogen functional groups attached to an aromatic ring is 1. The van der Waals surface area contributed by atoms with Gasteiger partial charge in [0.1, 0.15) is 16.7 Å². The zero-order valence-electron chi connectivity index (χ0n) is 9.08. The molecule has 0 atom stereocenters. The molecule has 1 heterocycles. The van der Waals surface area contributed by atoms with Gasteiger partial charge < -0.3 is 5.73 Å². The van der Waals surface area contributed by atoms with Crippen molar-refractivity contribution in [1.82, 2.24) is 4.98 Å². The van der Waals surface area contributed by atoms with Crippen molar-refractivity contribution in [3.8, 4) is 0 Å². The van der Waals surface area contributed by atoms with Crippen LogP contribution in [-0.4, -0.2) is 4.98 Å². The number of aromatic nitrogens is 1. The molecule has 88 valence electrons. The lowest BCUT2D eigenvalue weighted by Crippen LogP contribution is -1.95. The number of nitrogens with two attached hydrogens (primary N) is 1. The fraction of sp³-hybridized carbons (Fsp3) is 0.0833. The van der Waals surface area contributed by atoms with Crippen molar-refractivity contribution in [3.05, 3.63) is 47.7 Å². The number of aryl methyl sites for hydroxylation is 1. The molecule has 0 saturated heterocycles. The topological polar surface area (TPSA) is 38.9 Å². The van der Waals surface area contributed by atoms with Gasteiger partial charge in [0, 0.05) is 17.2 Å². The summed E-state index contributed by atoms with van der Waals surface area (Å²) in [6, 6.07) is 5.20. The van der Waals surface area contributed by atoms with Gasteiger partial charge in [-0.05, 0) is 30.7 Å². The van der Waals surface area contributed by atoms with E-state index >= 15 is 0 Å². The maximum atomic E-state index is 13.4. The van der Waals surface area contributed by atoms with E-state index in [4.69, 9.17) is 5.73 Å². The largest absolute Gasteiger partial charge is 0.396 e. The molecule has 1 aromatic heterocycles. The SMILES string of the molecule is Cc1ccnc(Sc2ccc(F)cc2F)c1N. The highest BCUT2D eigenvalue weighted by Gasteiger charge is 2.09. The fourth-order valence-corrected chi connectivity index (χ4v) is 2.17. The Bertz CT molecular complexity index is 558. The van der Waals surface area contributed by atoms with Crippen molar-refractivity contribution in [2.45, 2.75) is 16.8 Å². The third-order valence-corrected chi connectivity index (χ3v) is 3.34. The number of benzene rings is 1. The third kappa shape index (κ3) is 2.55. The molecule has 0 bridgehead atoms. The van der Waals surface area contributed by atoms with Crippen molar-refractivity contribution in [1.29, 1.82) is 0 Å². The second kappa shape index (κ2) is 4.71. The first-order chi connectivity index (χ1) is 8.08. The Morgan fingerprint density at radius 2 is 2.00 bits per heavy atom. The Kier molecular flexibility index (Phi) is 3.28. The van der Waals surface area contributed by atoms with Crippen LogP contribution in [-0.2, 0) is 0 Å². The van der Waals surface area contributed by atoms with Crippen molar-refractivity contribution in [2.75, 3.05) is 5.73 Å². The van der Waals surface area contributed by atoms with Gasteiger partial charge in [0.15, 0.2) is 0 Å². The number of nitrogens with zero attached hydrogens (tertiary/aromatic N) is 1. The Balaban J connectivity index is 2.35. The molecule has 0 aliphatic carbocycles. The summed E-state index contributed by atoms with van der Waals surface area (Å²) in [4.78, 5) is 4.38. The zero-order valence-corrected chi connectivity index (χ0v) is 9.89.